The number of hydrogen-bond donors (Lipinski definition) is 1. The zero-order valence-electron chi connectivity index (χ0n) is 10.2. The molecule has 0 radical (unpaired) electrons. The minimum absolute atomic E-state index is 0.498. The molecule has 0 spiro atoms. The van der Waals surface area contributed by atoms with Gasteiger partial charge in [0.25, 0.3) is 0 Å². The lowest BCUT2D eigenvalue weighted by Crippen LogP contribution is -2.20. The molecule has 2 N–H and O–H groups in total. The Morgan fingerprint density at radius 3 is 2.88 bits per heavy atom. The van der Waals surface area contributed by atoms with Crippen LogP contribution >= 0.6 is 0 Å². The number of anilines is 1. The minimum Gasteiger partial charge on any atom is -0.467 e. The first-order chi connectivity index (χ1) is 8.22. The van der Waals surface area contributed by atoms with Gasteiger partial charge < -0.3 is 15.1 Å². The van der Waals surface area contributed by atoms with E-state index in [0.717, 1.165) is 17.1 Å². The molecule has 90 valence electrons. The van der Waals surface area contributed by atoms with Crippen molar-refractivity contribution in [3.63, 3.8) is 0 Å². The van der Waals surface area contributed by atoms with Crippen molar-refractivity contribution in [3.8, 4) is 0 Å². The summed E-state index contributed by atoms with van der Waals surface area (Å²) >= 11 is 0. The van der Waals surface area contributed by atoms with Crippen molar-refractivity contribution in [2.24, 2.45) is 5.73 Å². The van der Waals surface area contributed by atoms with Crippen LogP contribution in [0.5, 0.6) is 0 Å². The van der Waals surface area contributed by atoms with Gasteiger partial charge >= 0.3 is 0 Å². The van der Waals surface area contributed by atoms with Crippen LogP contribution in [0.25, 0.3) is 0 Å². The van der Waals surface area contributed by atoms with E-state index in [9.17, 15) is 0 Å². The first kappa shape index (κ1) is 11.7. The summed E-state index contributed by atoms with van der Waals surface area (Å²) in [6, 6.07) is 5.82. The molecule has 2 aromatic rings. The molecule has 0 aliphatic carbocycles. The predicted molar refractivity (Wildman–Crippen MR) is 67.7 cm³/mol. The molecule has 0 unspecified atom stereocenters. The van der Waals surface area contributed by atoms with Crippen LogP contribution in [0.3, 0.4) is 0 Å². The summed E-state index contributed by atoms with van der Waals surface area (Å²) in [6.45, 7) is 3.24. The summed E-state index contributed by atoms with van der Waals surface area (Å²) in [7, 11) is 1.99. The molecule has 0 bridgehead atoms. The summed E-state index contributed by atoms with van der Waals surface area (Å²) in [6.07, 6.45) is 3.49. The second-order valence-corrected chi connectivity index (χ2v) is 4.07. The standard InChI is InChI=1S/C13H17N3O/c1-10-5-6-15-13(12(10)8-14)16(2)9-11-4-3-7-17-11/h3-7H,8-9,14H2,1-2H3. The summed E-state index contributed by atoms with van der Waals surface area (Å²) in [5, 5.41) is 0. The highest BCUT2D eigenvalue weighted by atomic mass is 16.3. The molecule has 0 aromatic carbocycles. The molecular weight excluding hydrogens is 214 g/mol. The van der Waals surface area contributed by atoms with Gasteiger partial charge in [-0.2, -0.15) is 0 Å². The van der Waals surface area contributed by atoms with Crippen LogP contribution in [0.15, 0.2) is 35.1 Å². The summed E-state index contributed by atoms with van der Waals surface area (Å²) in [5.41, 5.74) is 8.03. The number of pyridine rings is 1. The number of aryl methyl sites for hydroxylation is 1. The molecule has 2 heterocycles. The number of nitrogens with two attached hydrogens (primary N) is 1. The van der Waals surface area contributed by atoms with Crippen molar-refractivity contribution >= 4 is 5.82 Å². The van der Waals surface area contributed by atoms with Crippen LogP contribution < -0.4 is 10.6 Å². The predicted octanol–water partition coefficient (Wildman–Crippen LogP) is 2.08. The van der Waals surface area contributed by atoms with Crippen LogP contribution in [0.4, 0.5) is 5.82 Å². The Balaban J connectivity index is 2.24. The topological polar surface area (TPSA) is 55.3 Å². The molecule has 0 amide bonds. The molecule has 0 saturated heterocycles. The van der Waals surface area contributed by atoms with Crippen molar-refractivity contribution in [1.82, 2.24) is 4.98 Å². The van der Waals surface area contributed by atoms with Crippen LogP contribution in [-0.4, -0.2) is 12.0 Å². The Labute approximate surface area is 101 Å². The van der Waals surface area contributed by atoms with Crippen LogP contribution in [0.1, 0.15) is 16.9 Å². The normalized spacial score (nSPS) is 10.5. The van der Waals surface area contributed by atoms with E-state index in [-0.39, 0.29) is 0 Å². The van der Waals surface area contributed by atoms with E-state index in [1.807, 2.05) is 43.3 Å². The number of rotatable bonds is 4. The van der Waals surface area contributed by atoms with E-state index in [0.29, 0.717) is 13.1 Å². The Kier molecular flexibility index (Phi) is 3.44. The highest BCUT2D eigenvalue weighted by molar-refractivity contribution is 5.49. The van der Waals surface area contributed by atoms with Gasteiger partial charge in [0.15, 0.2) is 0 Å². The maximum Gasteiger partial charge on any atom is 0.133 e. The van der Waals surface area contributed by atoms with Gasteiger partial charge in [-0.15, -0.1) is 0 Å². The fourth-order valence-electron chi connectivity index (χ4n) is 1.87. The zero-order valence-corrected chi connectivity index (χ0v) is 10.2. The molecule has 2 rings (SSSR count). The van der Waals surface area contributed by atoms with E-state index < -0.39 is 0 Å². The smallest absolute Gasteiger partial charge is 0.133 e. The van der Waals surface area contributed by atoms with E-state index in [1.54, 1.807) is 6.26 Å². The Bertz CT molecular complexity index is 479. The largest absolute Gasteiger partial charge is 0.467 e. The lowest BCUT2D eigenvalue weighted by Gasteiger charge is -2.20. The molecular formula is C13H17N3O. The zero-order chi connectivity index (χ0) is 12.3. The average molecular weight is 231 g/mol. The number of hydrogen-bond acceptors (Lipinski definition) is 4. The Hall–Kier alpha value is -1.81. The third-order valence-corrected chi connectivity index (χ3v) is 2.81. The molecule has 0 saturated carbocycles. The van der Waals surface area contributed by atoms with Crippen molar-refractivity contribution in [3.05, 3.63) is 47.5 Å². The molecule has 17 heavy (non-hydrogen) atoms. The minimum atomic E-state index is 0.498. The Morgan fingerprint density at radius 2 is 2.24 bits per heavy atom. The first-order valence-electron chi connectivity index (χ1n) is 5.60. The first-order valence-corrected chi connectivity index (χ1v) is 5.60. The Morgan fingerprint density at radius 1 is 1.41 bits per heavy atom. The second kappa shape index (κ2) is 5.01. The second-order valence-electron chi connectivity index (χ2n) is 4.07. The summed E-state index contributed by atoms with van der Waals surface area (Å²) < 4.78 is 5.33. The summed E-state index contributed by atoms with van der Waals surface area (Å²) in [5.74, 6) is 1.84. The SMILES string of the molecule is Cc1ccnc(N(C)Cc2ccco2)c1CN. The fraction of sp³-hybridized carbons (Fsp3) is 0.308. The van der Waals surface area contributed by atoms with Crippen LogP contribution in [0.2, 0.25) is 0 Å². The molecule has 4 heteroatoms. The van der Waals surface area contributed by atoms with Gasteiger partial charge in [-0.25, -0.2) is 4.98 Å². The molecule has 4 nitrogen and oxygen atoms in total. The molecule has 0 fully saturated rings. The molecule has 0 aliphatic rings. The maximum absolute atomic E-state index is 5.77. The highest BCUT2D eigenvalue weighted by Crippen LogP contribution is 2.20. The quantitative estimate of drug-likeness (QED) is 0.875. The van der Waals surface area contributed by atoms with E-state index in [4.69, 9.17) is 10.2 Å². The van der Waals surface area contributed by atoms with Gasteiger partial charge in [-0.05, 0) is 30.7 Å². The monoisotopic (exact) mass is 231 g/mol. The van der Waals surface area contributed by atoms with Gasteiger partial charge in [0.05, 0.1) is 12.8 Å². The van der Waals surface area contributed by atoms with Crippen LogP contribution in [0, 0.1) is 6.92 Å². The molecule has 2 aromatic heterocycles. The fourth-order valence-corrected chi connectivity index (χ4v) is 1.87. The van der Waals surface area contributed by atoms with Gasteiger partial charge in [-0.1, -0.05) is 0 Å². The number of nitrogens with zero attached hydrogens (tertiary/aromatic N) is 2. The van der Waals surface area contributed by atoms with Gasteiger partial charge in [0, 0.05) is 25.4 Å². The lowest BCUT2D eigenvalue weighted by molar-refractivity contribution is 0.506. The molecule has 0 aliphatic heterocycles. The third-order valence-electron chi connectivity index (χ3n) is 2.81. The van der Waals surface area contributed by atoms with E-state index in [2.05, 4.69) is 4.98 Å². The highest BCUT2D eigenvalue weighted by Gasteiger charge is 2.11. The van der Waals surface area contributed by atoms with Gasteiger partial charge in [0.1, 0.15) is 11.6 Å². The van der Waals surface area contributed by atoms with Crippen molar-refractivity contribution in [2.45, 2.75) is 20.0 Å². The van der Waals surface area contributed by atoms with E-state index >= 15 is 0 Å². The van der Waals surface area contributed by atoms with E-state index in [1.165, 1.54) is 5.56 Å². The van der Waals surface area contributed by atoms with Crippen LogP contribution in [-0.2, 0) is 13.1 Å². The van der Waals surface area contributed by atoms with Crippen molar-refractivity contribution < 1.29 is 4.42 Å². The van der Waals surface area contributed by atoms with Crippen molar-refractivity contribution in [2.75, 3.05) is 11.9 Å². The summed E-state index contributed by atoms with van der Waals surface area (Å²) in [4.78, 5) is 6.44. The van der Waals surface area contributed by atoms with Gasteiger partial charge in [0.2, 0.25) is 0 Å². The number of furan rings is 1. The molecule has 0 atom stereocenters. The van der Waals surface area contributed by atoms with Crippen molar-refractivity contribution in [1.29, 1.82) is 0 Å². The average Bonchev–Trinajstić information content (AvgIpc) is 2.81. The van der Waals surface area contributed by atoms with Gasteiger partial charge in [-0.3, -0.25) is 0 Å². The number of aromatic nitrogens is 1. The lowest BCUT2D eigenvalue weighted by atomic mass is 10.1. The maximum atomic E-state index is 5.77. The third kappa shape index (κ3) is 2.47.